The maximum atomic E-state index is 12.7. The van der Waals surface area contributed by atoms with Gasteiger partial charge in [0.2, 0.25) is 0 Å². The van der Waals surface area contributed by atoms with Gasteiger partial charge in [-0.3, -0.25) is 0 Å². The highest BCUT2D eigenvalue weighted by Crippen LogP contribution is 2.14. The third-order valence-electron chi connectivity index (χ3n) is 2.77. The van der Waals surface area contributed by atoms with Crippen molar-refractivity contribution in [2.24, 2.45) is 0 Å². The third-order valence-corrected chi connectivity index (χ3v) is 2.77. The number of halogens is 1. The van der Waals surface area contributed by atoms with Gasteiger partial charge in [-0.25, -0.2) is 4.39 Å². The maximum Gasteiger partial charge on any atom is 0.123 e. The molecule has 1 atom stereocenters. The van der Waals surface area contributed by atoms with E-state index < -0.39 is 0 Å². The SMILES string of the molecule is CCC(O)CCCN(C)c1ccc(F)cc1. The number of aliphatic hydroxyl groups is 1. The van der Waals surface area contributed by atoms with E-state index in [1.807, 2.05) is 14.0 Å². The molecule has 0 heterocycles. The Morgan fingerprint density at radius 2 is 1.94 bits per heavy atom. The van der Waals surface area contributed by atoms with Crippen molar-refractivity contribution >= 4 is 5.69 Å². The molecule has 1 unspecified atom stereocenters. The summed E-state index contributed by atoms with van der Waals surface area (Å²) in [6, 6.07) is 6.47. The first kappa shape index (κ1) is 13.0. The molecule has 0 amide bonds. The first-order valence-electron chi connectivity index (χ1n) is 5.78. The molecule has 0 aliphatic carbocycles. The van der Waals surface area contributed by atoms with E-state index in [1.54, 1.807) is 12.1 Å². The predicted molar refractivity (Wildman–Crippen MR) is 65.2 cm³/mol. The zero-order chi connectivity index (χ0) is 12.0. The highest BCUT2D eigenvalue weighted by molar-refractivity contribution is 5.45. The molecule has 1 rings (SSSR count). The molecule has 1 N–H and O–H groups in total. The lowest BCUT2D eigenvalue weighted by molar-refractivity contribution is 0.158. The molecular weight excluding hydrogens is 205 g/mol. The fraction of sp³-hybridized carbons (Fsp3) is 0.538. The van der Waals surface area contributed by atoms with Crippen LogP contribution in [0.15, 0.2) is 24.3 Å². The molecule has 2 nitrogen and oxygen atoms in total. The predicted octanol–water partition coefficient (Wildman–Crippen LogP) is 2.81. The molecule has 1 aromatic rings. The largest absolute Gasteiger partial charge is 0.393 e. The Bertz CT molecular complexity index is 299. The highest BCUT2D eigenvalue weighted by Gasteiger charge is 2.03. The zero-order valence-electron chi connectivity index (χ0n) is 9.99. The molecule has 0 aromatic heterocycles. The van der Waals surface area contributed by atoms with Crippen LogP contribution < -0.4 is 4.90 Å². The van der Waals surface area contributed by atoms with Crippen LogP contribution in [-0.2, 0) is 0 Å². The van der Waals surface area contributed by atoms with Crippen molar-refractivity contribution < 1.29 is 9.50 Å². The number of hydrogen-bond acceptors (Lipinski definition) is 2. The van der Waals surface area contributed by atoms with Gasteiger partial charge in [-0.2, -0.15) is 0 Å². The number of rotatable bonds is 6. The van der Waals surface area contributed by atoms with E-state index in [0.29, 0.717) is 0 Å². The van der Waals surface area contributed by atoms with Crippen LogP contribution in [0.4, 0.5) is 10.1 Å². The summed E-state index contributed by atoms with van der Waals surface area (Å²) in [7, 11) is 1.98. The minimum Gasteiger partial charge on any atom is -0.393 e. The van der Waals surface area contributed by atoms with E-state index in [4.69, 9.17) is 0 Å². The lowest BCUT2D eigenvalue weighted by atomic mass is 10.1. The van der Waals surface area contributed by atoms with Crippen molar-refractivity contribution in [3.63, 3.8) is 0 Å². The molecule has 3 heteroatoms. The zero-order valence-corrected chi connectivity index (χ0v) is 9.99. The standard InChI is InChI=1S/C13H20FNO/c1-3-13(16)5-4-10-15(2)12-8-6-11(14)7-9-12/h6-9,13,16H,3-5,10H2,1-2H3. The highest BCUT2D eigenvalue weighted by atomic mass is 19.1. The fourth-order valence-corrected chi connectivity index (χ4v) is 1.59. The van der Waals surface area contributed by atoms with Crippen molar-refractivity contribution in [2.45, 2.75) is 32.3 Å². The smallest absolute Gasteiger partial charge is 0.123 e. The Morgan fingerprint density at radius 1 is 1.31 bits per heavy atom. The molecule has 0 aliphatic rings. The summed E-state index contributed by atoms with van der Waals surface area (Å²) in [6.07, 6.45) is 2.38. The third kappa shape index (κ3) is 4.19. The second-order valence-corrected chi connectivity index (χ2v) is 4.10. The van der Waals surface area contributed by atoms with Gasteiger partial charge in [0.05, 0.1) is 6.10 Å². The number of nitrogens with zero attached hydrogens (tertiary/aromatic N) is 1. The Morgan fingerprint density at radius 3 is 2.50 bits per heavy atom. The van der Waals surface area contributed by atoms with E-state index in [9.17, 15) is 9.50 Å². The molecule has 0 bridgehead atoms. The maximum absolute atomic E-state index is 12.7. The van der Waals surface area contributed by atoms with Gasteiger partial charge in [0.15, 0.2) is 0 Å². The number of benzene rings is 1. The quantitative estimate of drug-likeness (QED) is 0.804. The van der Waals surface area contributed by atoms with Crippen LogP contribution in [0.2, 0.25) is 0 Å². The van der Waals surface area contributed by atoms with E-state index in [0.717, 1.165) is 31.5 Å². The Hall–Kier alpha value is -1.09. The first-order valence-corrected chi connectivity index (χ1v) is 5.78. The summed E-state index contributed by atoms with van der Waals surface area (Å²) < 4.78 is 12.7. The monoisotopic (exact) mass is 225 g/mol. The van der Waals surface area contributed by atoms with Gasteiger partial charge in [0.25, 0.3) is 0 Å². The van der Waals surface area contributed by atoms with Crippen LogP contribution in [0.3, 0.4) is 0 Å². The van der Waals surface area contributed by atoms with Crippen LogP contribution in [0.5, 0.6) is 0 Å². The average Bonchev–Trinajstić information content (AvgIpc) is 2.29. The van der Waals surface area contributed by atoms with Gasteiger partial charge in [-0.05, 0) is 43.5 Å². The lowest BCUT2D eigenvalue weighted by Gasteiger charge is -2.19. The van der Waals surface area contributed by atoms with Gasteiger partial charge in [-0.1, -0.05) is 6.92 Å². The molecule has 0 fully saturated rings. The second-order valence-electron chi connectivity index (χ2n) is 4.10. The molecule has 90 valence electrons. The van der Waals surface area contributed by atoms with Crippen LogP contribution in [0.1, 0.15) is 26.2 Å². The summed E-state index contributed by atoms with van der Waals surface area (Å²) in [6.45, 7) is 2.86. The van der Waals surface area contributed by atoms with Crippen LogP contribution >= 0.6 is 0 Å². The van der Waals surface area contributed by atoms with Crippen LogP contribution in [0.25, 0.3) is 0 Å². The summed E-state index contributed by atoms with van der Waals surface area (Å²) in [4.78, 5) is 2.07. The van der Waals surface area contributed by atoms with Gasteiger partial charge in [0, 0.05) is 19.3 Å². The Balaban J connectivity index is 2.35. The topological polar surface area (TPSA) is 23.5 Å². The molecule has 0 saturated heterocycles. The van der Waals surface area contributed by atoms with Crippen molar-refractivity contribution in [3.05, 3.63) is 30.1 Å². The first-order chi connectivity index (χ1) is 7.63. The minimum atomic E-state index is -0.210. The van der Waals surface area contributed by atoms with Gasteiger partial charge < -0.3 is 10.0 Å². The number of anilines is 1. The average molecular weight is 225 g/mol. The van der Waals surface area contributed by atoms with E-state index >= 15 is 0 Å². The molecule has 1 aromatic carbocycles. The minimum absolute atomic E-state index is 0.193. The molecule has 0 radical (unpaired) electrons. The number of hydrogen-bond donors (Lipinski definition) is 1. The number of aliphatic hydroxyl groups excluding tert-OH is 1. The lowest BCUT2D eigenvalue weighted by Crippen LogP contribution is -2.19. The van der Waals surface area contributed by atoms with E-state index in [1.165, 1.54) is 12.1 Å². The van der Waals surface area contributed by atoms with Gasteiger partial charge in [0.1, 0.15) is 5.82 Å². The molecular formula is C13H20FNO. The summed E-state index contributed by atoms with van der Waals surface area (Å²) in [5.74, 6) is -0.210. The van der Waals surface area contributed by atoms with Gasteiger partial charge >= 0.3 is 0 Å². The molecule has 0 spiro atoms. The van der Waals surface area contributed by atoms with Crippen molar-refractivity contribution in [3.8, 4) is 0 Å². The Kier molecular flexibility index (Phi) is 5.26. The van der Waals surface area contributed by atoms with E-state index in [-0.39, 0.29) is 11.9 Å². The summed E-state index contributed by atoms with van der Waals surface area (Å²) >= 11 is 0. The Labute approximate surface area is 96.7 Å². The van der Waals surface area contributed by atoms with Crippen LogP contribution in [-0.4, -0.2) is 24.8 Å². The van der Waals surface area contributed by atoms with Crippen molar-refractivity contribution in [2.75, 3.05) is 18.5 Å². The summed E-state index contributed by atoms with van der Waals surface area (Å²) in [5, 5.41) is 9.41. The normalized spacial score (nSPS) is 12.5. The fourth-order valence-electron chi connectivity index (χ4n) is 1.59. The van der Waals surface area contributed by atoms with Crippen molar-refractivity contribution in [1.82, 2.24) is 0 Å². The van der Waals surface area contributed by atoms with Gasteiger partial charge in [-0.15, -0.1) is 0 Å². The molecule has 0 aliphatic heterocycles. The summed E-state index contributed by atoms with van der Waals surface area (Å²) in [5.41, 5.74) is 1.01. The van der Waals surface area contributed by atoms with Crippen molar-refractivity contribution in [1.29, 1.82) is 0 Å². The molecule has 0 saturated carbocycles. The van der Waals surface area contributed by atoms with E-state index in [2.05, 4.69) is 4.90 Å². The second kappa shape index (κ2) is 6.48. The van der Waals surface area contributed by atoms with Crippen LogP contribution in [0, 0.1) is 5.82 Å². The molecule has 16 heavy (non-hydrogen) atoms.